The summed E-state index contributed by atoms with van der Waals surface area (Å²) in [5.41, 5.74) is 1.16. The first kappa shape index (κ1) is 14.4. The molecular formula is C17H17NO4. The van der Waals surface area contributed by atoms with Crippen molar-refractivity contribution < 1.29 is 19.1 Å². The van der Waals surface area contributed by atoms with E-state index < -0.39 is 5.97 Å². The first-order valence-electron chi connectivity index (χ1n) is 7.33. The first-order chi connectivity index (χ1) is 10.6. The first-order valence-corrected chi connectivity index (χ1v) is 7.33. The summed E-state index contributed by atoms with van der Waals surface area (Å²) >= 11 is 0. The van der Waals surface area contributed by atoms with Crippen molar-refractivity contribution >= 4 is 11.9 Å². The Bertz CT molecular complexity index is 705. The highest BCUT2D eigenvalue weighted by Crippen LogP contribution is 2.34. The standard InChI is InChI=1S/C17H17NO4/c1-2-14-12(17(20)21)10-15(22-14)16(19)18-9-8-13(18)11-6-4-3-5-7-11/h3-7,10,13H,2,8-9H2,1H3,(H,20,21). The van der Waals surface area contributed by atoms with Crippen LogP contribution in [0.2, 0.25) is 0 Å². The largest absolute Gasteiger partial charge is 0.478 e. The Kier molecular flexibility index (Phi) is 3.71. The molecule has 1 aromatic heterocycles. The van der Waals surface area contributed by atoms with Crippen LogP contribution >= 0.6 is 0 Å². The second-order valence-electron chi connectivity index (χ2n) is 5.32. The van der Waals surface area contributed by atoms with Gasteiger partial charge in [0.1, 0.15) is 11.3 Å². The fourth-order valence-electron chi connectivity index (χ4n) is 2.77. The summed E-state index contributed by atoms with van der Waals surface area (Å²) in [6.45, 7) is 2.46. The molecule has 1 N–H and O–H groups in total. The predicted molar refractivity (Wildman–Crippen MR) is 79.9 cm³/mol. The Morgan fingerprint density at radius 2 is 2.05 bits per heavy atom. The molecule has 0 aliphatic carbocycles. The lowest BCUT2D eigenvalue weighted by Crippen LogP contribution is -2.45. The maximum absolute atomic E-state index is 12.6. The van der Waals surface area contributed by atoms with Crippen molar-refractivity contribution in [1.29, 1.82) is 0 Å². The van der Waals surface area contributed by atoms with Crippen molar-refractivity contribution in [2.75, 3.05) is 6.54 Å². The highest BCUT2D eigenvalue weighted by atomic mass is 16.4. The van der Waals surface area contributed by atoms with Gasteiger partial charge in [0.05, 0.1) is 6.04 Å². The number of aryl methyl sites for hydroxylation is 1. The zero-order valence-corrected chi connectivity index (χ0v) is 12.3. The van der Waals surface area contributed by atoms with Gasteiger partial charge >= 0.3 is 5.97 Å². The Labute approximate surface area is 128 Å². The monoisotopic (exact) mass is 299 g/mol. The maximum atomic E-state index is 12.6. The van der Waals surface area contributed by atoms with E-state index in [0.29, 0.717) is 18.7 Å². The fraction of sp³-hybridized carbons (Fsp3) is 0.294. The number of carbonyl (C=O) groups is 2. The SMILES string of the molecule is CCc1oc(C(=O)N2CCC2c2ccccc2)cc1C(=O)O. The molecule has 114 valence electrons. The van der Waals surface area contributed by atoms with Crippen LogP contribution in [0.4, 0.5) is 0 Å². The number of hydrogen-bond acceptors (Lipinski definition) is 3. The van der Waals surface area contributed by atoms with Crippen molar-refractivity contribution in [1.82, 2.24) is 4.90 Å². The van der Waals surface area contributed by atoms with Crippen LogP contribution in [0.15, 0.2) is 40.8 Å². The number of rotatable bonds is 4. The summed E-state index contributed by atoms with van der Waals surface area (Å²) in [5, 5.41) is 9.15. The van der Waals surface area contributed by atoms with Crippen LogP contribution in [0.5, 0.6) is 0 Å². The highest BCUT2D eigenvalue weighted by Gasteiger charge is 2.35. The number of benzene rings is 1. The van der Waals surface area contributed by atoms with Crippen LogP contribution in [0.25, 0.3) is 0 Å². The Balaban J connectivity index is 1.84. The molecule has 1 fully saturated rings. The molecule has 1 atom stereocenters. The molecule has 3 rings (SSSR count). The summed E-state index contributed by atoms with van der Waals surface area (Å²) in [6.07, 6.45) is 1.35. The summed E-state index contributed by atoms with van der Waals surface area (Å²) in [5.74, 6) is -0.868. The van der Waals surface area contributed by atoms with Gasteiger partial charge in [0.2, 0.25) is 0 Å². The number of carbonyl (C=O) groups excluding carboxylic acids is 1. The number of furan rings is 1. The summed E-state index contributed by atoms with van der Waals surface area (Å²) < 4.78 is 5.46. The minimum Gasteiger partial charge on any atom is -0.478 e. The van der Waals surface area contributed by atoms with Crippen LogP contribution in [0.3, 0.4) is 0 Å². The lowest BCUT2D eigenvalue weighted by Gasteiger charge is -2.40. The van der Waals surface area contributed by atoms with E-state index in [0.717, 1.165) is 12.0 Å². The van der Waals surface area contributed by atoms with E-state index in [1.165, 1.54) is 6.07 Å². The van der Waals surface area contributed by atoms with Gasteiger partial charge in [-0.25, -0.2) is 4.79 Å². The number of hydrogen-bond donors (Lipinski definition) is 1. The predicted octanol–water partition coefficient (Wildman–Crippen LogP) is 3.13. The zero-order valence-electron chi connectivity index (χ0n) is 12.3. The molecule has 1 aliphatic rings. The van der Waals surface area contributed by atoms with Gasteiger partial charge in [0, 0.05) is 19.0 Å². The molecule has 1 aliphatic heterocycles. The summed E-state index contributed by atoms with van der Waals surface area (Å²) in [7, 11) is 0. The normalized spacial score (nSPS) is 17.1. The molecule has 0 saturated carbocycles. The van der Waals surface area contributed by atoms with E-state index in [1.807, 2.05) is 30.3 Å². The average Bonchev–Trinajstić information content (AvgIpc) is 2.91. The lowest BCUT2D eigenvalue weighted by atomic mass is 9.94. The molecule has 1 unspecified atom stereocenters. The Morgan fingerprint density at radius 1 is 1.32 bits per heavy atom. The minimum atomic E-state index is -1.07. The second-order valence-corrected chi connectivity index (χ2v) is 5.32. The quantitative estimate of drug-likeness (QED) is 0.941. The van der Waals surface area contributed by atoms with Gasteiger partial charge in [-0.05, 0) is 12.0 Å². The van der Waals surface area contributed by atoms with Crippen LogP contribution in [-0.2, 0) is 6.42 Å². The van der Waals surface area contributed by atoms with E-state index in [-0.39, 0.29) is 23.3 Å². The van der Waals surface area contributed by atoms with Crippen molar-refractivity contribution in [2.24, 2.45) is 0 Å². The number of amides is 1. The van der Waals surface area contributed by atoms with Crippen LogP contribution < -0.4 is 0 Å². The third-order valence-electron chi connectivity index (χ3n) is 4.04. The number of carboxylic acid groups (broad SMARTS) is 1. The molecule has 0 spiro atoms. The van der Waals surface area contributed by atoms with Gasteiger partial charge in [-0.15, -0.1) is 0 Å². The third kappa shape index (κ3) is 2.39. The van der Waals surface area contributed by atoms with E-state index in [4.69, 9.17) is 9.52 Å². The third-order valence-corrected chi connectivity index (χ3v) is 4.04. The second kappa shape index (κ2) is 5.67. The van der Waals surface area contributed by atoms with Crippen LogP contribution in [0.1, 0.15) is 51.6 Å². The van der Waals surface area contributed by atoms with E-state index in [9.17, 15) is 9.59 Å². The van der Waals surface area contributed by atoms with E-state index in [1.54, 1.807) is 11.8 Å². The van der Waals surface area contributed by atoms with Gasteiger partial charge in [-0.1, -0.05) is 37.3 Å². The van der Waals surface area contributed by atoms with Gasteiger partial charge in [0.25, 0.3) is 5.91 Å². The Hall–Kier alpha value is -2.56. The Morgan fingerprint density at radius 3 is 2.55 bits per heavy atom. The molecule has 1 aromatic carbocycles. The number of nitrogens with zero attached hydrogens (tertiary/aromatic N) is 1. The van der Waals surface area contributed by atoms with Gasteiger partial charge in [-0.3, -0.25) is 4.79 Å². The van der Waals surface area contributed by atoms with Crippen molar-refractivity contribution in [3.8, 4) is 0 Å². The summed E-state index contributed by atoms with van der Waals surface area (Å²) in [6, 6.07) is 11.2. The maximum Gasteiger partial charge on any atom is 0.339 e. The molecule has 1 saturated heterocycles. The average molecular weight is 299 g/mol. The van der Waals surface area contributed by atoms with Gasteiger partial charge < -0.3 is 14.4 Å². The molecular weight excluding hydrogens is 282 g/mol. The van der Waals surface area contributed by atoms with Crippen molar-refractivity contribution in [3.05, 3.63) is 59.0 Å². The minimum absolute atomic E-state index is 0.0390. The number of likely N-dealkylation sites (tertiary alicyclic amines) is 1. The van der Waals surface area contributed by atoms with Crippen LogP contribution in [0, 0.1) is 0 Å². The summed E-state index contributed by atoms with van der Waals surface area (Å²) in [4.78, 5) is 25.4. The highest BCUT2D eigenvalue weighted by molar-refractivity contribution is 5.96. The van der Waals surface area contributed by atoms with E-state index >= 15 is 0 Å². The molecule has 2 aromatic rings. The van der Waals surface area contributed by atoms with Gasteiger partial charge in [-0.2, -0.15) is 0 Å². The van der Waals surface area contributed by atoms with Crippen LogP contribution in [-0.4, -0.2) is 28.4 Å². The topological polar surface area (TPSA) is 70.8 Å². The molecule has 22 heavy (non-hydrogen) atoms. The van der Waals surface area contributed by atoms with E-state index in [2.05, 4.69) is 0 Å². The molecule has 5 nitrogen and oxygen atoms in total. The smallest absolute Gasteiger partial charge is 0.339 e. The molecule has 0 bridgehead atoms. The molecule has 1 amide bonds. The molecule has 5 heteroatoms. The van der Waals surface area contributed by atoms with Crippen molar-refractivity contribution in [2.45, 2.75) is 25.8 Å². The fourth-order valence-corrected chi connectivity index (χ4v) is 2.77. The zero-order chi connectivity index (χ0) is 15.7. The lowest BCUT2D eigenvalue weighted by molar-refractivity contribution is 0.0426. The van der Waals surface area contributed by atoms with Gasteiger partial charge in [0.15, 0.2) is 5.76 Å². The van der Waals surface area contributed by atoms with Crippen molar-refractivity contribution in [3.63, 3.8) is 0 Å². The molecule has 0 radical (unpaired) electrons. The molecule has 2 heterocycles. The number of aromatic carboxylic acids is 1. The number of carboxylic acids is 1.